The second-order valence-electron chi connectivity index (χ2n) is 9.38. The van der Waals surface area contributed by atoms with E-state index in [1.807, 2.05) is 44.2 Å². The zero-order chi connectivity index (χ0) is 29.1. The van der Waals surface area contributed by atoms with Crippen molar-refractivity contribution in [1.82, 2.24) is 10.2 Å². The Morgan fingerprint density at radius 2 is 1.67 bits per heavy atom. The Bertz CT molecular complexity index is 1170. The summed E-state index contributed by atoms with van der Waals surface area (Å²) >= 11 is 0. The summed E-state index contributed by atoms with van der Waals surface area (Å²) in [6, 6.07) is 12.9. The first-order valence-corrected chi connectivity index (χ1v) is 15.0. The van der Waals surface area contributed by atoms with Gasteiger partial charge in [0.15, 0.2) is 0 Å². The van der Waals surface area contributed by atoms with Crippen LogP contribution in [0.2, 0.25) is 0 Å². The van der Waals surface area contributed by atoms with Crippen LogP contribution in [0.4, 0.5) is 18.9 Å². The van der Waals surface area contributed by atoms with Gasteiger partial charge in [0.05, 0.1) is 17.5 Å². The number of rotatable bonds is 15. The van der Waals surface area contributed by atoms with E-state index in [0.29, 0.717) is 25.9 Å². The van der Waals surface area contributed by atoms with Crippen molar-refractivity contribution in [2.24, 2.45) is 0 Å². The largest absolute Gasteiger partial charge is 0.416 e. The van der Waals surface area contributed by atoms with E-state index >= 15 is 0 Å². The van der Waals surface area contributed by atoms with Crippen molar-refractivity contribution in [2.75, 3.05) is 30.2 Å². The van der Waals surface area contributed by atoms with E-state index in [1.165, 1.54) is 11.0 Å². The number of benzene rings is 2. The van der Waals surface area contributed by atoms with E-state index in [-0.39, 0.29) is 36.9 Å². The number of amides is 2. The lowest BCUT2D eigenvalue weighted by Crippen LogP contribution is -2.50. The van der Waals surface area contributed by atoms with Crippen LogP contribution in [0.3, 0.4) is 0 Å². The first-order chi connectivity index (χ1) is 18.4. The standard InChI is InChI=1S/C28H38F3N3O4S/c1-4-6-18-32-27(36)25(5-2)33(20-17-22-12-8-7-9-13-22)26(35)16-11-19-34(39(3,37)38)24-15-10-14-23(21-24)28(29,30)31/h7-10,12-15,21,25H,4-6,11,16-20H2,1-3H3,(H,32,36)/t25-/m1/s1. The molecule has 0 fully saturated rings. The highest BCUT2D eigenvalue weighted by Crippen LogP contribution is 2.32. The van der Waals surface area contributed by atoms with Crippen LogP contribution < -0.4 is 9.62 Å². The minimum Gasteiger partial charge on any atom is -0.354 e. The van der Waals surface area contributed by atoms with Gasteiger partial charge in [-0.3, -0.25) is 13.9 Å². The van der Waals surface area contributed by atoms with Gasteiger partial charge in [-0.1, -0.05) is 56.7 Å². The van der Waals surface area contributed by atoms with Gasteiger partial charge in [0.25, 0.3) is 0 Å². The molecular weight excluding hydrogens is 531 g/mol. The summed E-state index contributed by atoms with van der Waals surface area (Å²) in [6.07, 6.45) is -1.05. The maximum Gasteiger partial charge on any atom is 0.416 e. The summed E-state index contributed by atoms with van der Waals surface area (Å²) in [4.78, 5) is 27.8. The number of nitrogens with one attached hydrogen (secondary N) is 1. The molecule has 0 saturated carbocycles. The van der Waals surface area contributed by atoms with Gasteiger partial charge in [0, 0.05) is 26.1 Å². The number of alkyl halides is 3. The van der Waals surface area contributed by atoms with Gasteiger partial charge in [0.2, 0.25) is 21.8 Å². The summed E-state index contributed by atoms with van der Waals surface area (Å²) in [5.74, 6) is -0.560. The zero-order valence-corrected chi connectivity index (χ0v) is 23.5. The molecule has 11 heteroatoms. The van der Waals surface area contributed by atoms with Crippen molar-refractivity contribution in [3.05, 3.63) is 65.7 Å². The third-order valence-electron chi connectivity index (χ3n) is 6.31. The number of carbonyl (C=O) groups is 2. The van der Waals surface area contributed by atoms with Crippen molar-refractivity contribution in [3.8, 4) is 0 Å². The highest BCUT2D eigenvalue weighted by molar-refractivity contribution is 7.92. The van der Waals surface area contributed by atoms with Gasteiger partial charge >= 0.3 is 6.18 Å². The smallest absolute Gasteiger partial charge is 0.354 e. The predicted octanol–water partition coefficient (Wildman–Crippen LogP) is 5.02. The normalized spacial score (nSPS) is 12.6. The summed E-state index contributed by atoms with van der Waals surface area (Å²) < 4.78 is 65.3. The third kappa shape index (κ3) is 10.2. The topological polar surface area (TPSA) is 86.8 Å². The number of hydrogen-bond donors (Lipinski definition) is 1. The van der Waals surface area contributed by atoms with Crippen LogP contribution in [-0.2, 0) is 32.2 Å². The molecule has 216 valence electrons. The second-order valence-corrected chi connectivity index (χ2v) is 11.3. The Hall–Kier alpha value is -3.08. The van der Waals surface area contributed by atoms with Gasteiger partial charge in [-0.05, 0) is 49.4 Å². The van der Waals surface area contributed by atoms with Crippen molar-refractivity contribution in [3.63, 3.8) is 0 Å². The summed E-state index contributed by atoms with van der Waals surface area (Å²) in [5.41, 5.74) is -0.0801. The predicted molar refractivity (Wildman–Crippen MR) is 147 cm³/mol. The fraction of sp³-hybridized carbons (Fsp3) is 0.500. The van der Waals surface area contributed by atoms with E-state index < -0.39 is 27.8 Å². The number of unbranched alkanes of at least 4 members (excludes halogenated alkanes) is 1. The van der Waals surface area contributed by atoms with Crippen LogP contribution in [0.5, 0.6) is 0 Å². The van der Waals surface area contributed by atoms with E-state index in [2.05, 4.69) is 5.32 Å². The zero-order valence-electron chi connectivity index (χ0n) is 22.7. The molecule has 2 aromatic rings. The maximum atomic E-state index is 13.4. The van der Waals surface area contributed by atoms with Crippen LogP contribution in [0, 0.1) is 0 Å². The Labute approximate surface area is 229 Å². The van der Waals surface area contributed by atoms with E-state index in [4.69, 9.17) is 0 Å². The Kier molecular flexibility index (Phi) is 12.3. The average Bonchev–Trinajstić information content (AvgIpc) is 2.88. The van der Waals surface area contributed by atoms with E-state index in [9.17, 15) is 31.2 Å². The van der Waals surface area contributed by atoms with Crippen LogP contribution in [-0.4, -0.2) is 57.1 Å². The van der Waals surface area contributed by atoms with Crippen molar-refractivity contribution < 1.29 is 31.2 Å². The Morgan fingerprint density at radius 1 is 0.974 bits per heavy atom. The molecular formula is C28H38F3N3O4S. The van der Waals surface area contributed by atoms with E-state index in [1.54, 1.807) is 0 Å². The van der Waals surface area contributed by atoms with Crippen LogP contribution in [0.1, 0.15) is 57.1 Å². The van der Waals surface area contributed by atoms with Gasteiger partial charge in [-0.25, -0.2) is 8.42 Å². The highest BCUT2D eigenvalue weighted by atomic mass is 32.2. The minimum atomic E-state index is -4.62. The molecule has 1 atom stereocenters. The fourth-order valence-electron chi connectivity index (χ4n) is 4.24. The molecule has 1 N–H and O–H groups in total. The number of halogens is 3. The summed E-state index contributed by atoms with van der Waals surface area (Å²) in [5, 5.41) is 2.89. The van der Waals surface area contributed by atoms with Crippen LogP contribution in [0.15, 0.2) is 54.6 Å². The first kappa shape index (κ1) is 32.1. The van der Waals surface area contributed by atoms with Gasteiger partial charge in [0.1, 0.15) is 6.04 Å². The molecule has 0 radical (unpaired) electrons. The number of nitrogens with zero attached hydrogens (tertiary/aromatic N) is 2. The summed E-state index contributed by atoms with van der Waals surface area (Å²) in [7, 11) is -3.91. The molecule has 2 rings (SSSR count). The highest BCUT2D eigenvalue weighted by Gasteiger charge is 2.32. The monoisotopic (exact) mass is 569 g/mol. The number of hydrogen-bond acceptors (Lipinski definition) is 4. The SMILES string of the molecule is CCCCNC(=O)[C@@H](CC)N(CCc1ccccc1)C(=O)CCCN(c1cccc(C(F)(F)F)c1)S(C)(=O)=O. The molecule has 0 aromatic heterocycles. The quantitative estimate of drug-likeness (QED) is 0.305. The maximum absolute atomic E-state index is 13.4. The molecule has 0 unspecified atom stereocenters. The Morgan fingerprint density at radius 3 is 2.26 bits per heavy atom. The molecule has 2 aromatic carbocycles. The third-order valence-corrected chi connectivity index (χ3v) is 7.51. The summed E-state index contributed by atoms with van der Waals surface area (Å²) in [6.45, 7) is 4.46. The molecule has 0 aliphatic heterocycles. The molecule has 2 amide bonds. The van der Waals surface area contributed by atoms with Crippen molar-refractivity contribution in [2.45, 2.75) is 64.6 Å². The molecule has 0 saturated heterocycles. The van der Waals surface area contributed by atoms with Gasteiger partial charge in [-0.2, -0.15) is 13.2 Å². The first-order valence-electron chi connectivity index (χ1n) is 13.1. The van der Waals surface area contributed by atoms with Gasteiger partial charge in [-0.15, -0.1) is 0 Å². The van der Waals surface area contributed by atoms with Gasteiger partial charge < -0.3 is 10.2 Å². The number of sulfonamides is 1. The van der Waals surface area contributed by atoms with Crippen molar-refractivity contribution >= 4 is 27.5 Å². The lowest BCUT2D eigenvalue weighted by Gasteiger charge is -2.31. The Balaban J connectivity index is 2.18. The molecule has 0 bridgehead atoms. The molecule has 0 aliphatic carbocycles. The van der Waals surface area contributed by atoms with Crippen LogP contribution in [0.25, 0.3) is 0 Å². The lowest BCUT2D eigenvalue weighted by atomic mass is 10.1. The average molecular weight is 570 g/mol. The molecule has 0 heterocycles. The second kappa shape index (κ2) is 14.9. The van der Waals surface area contributed by atoms with Crippen molar-refractivity contribution in [1.29, 1.82) is 0 Å². The van der Waals surface area contributed by atoms with E-state index in [0.717, 1.165) is 47.2 Å². The molecule has 7 nitrogen and oxygen atoms in total. The fourth-order valence-corrected chi connectivity index (χ4v) is 5.20. The number of anilines is 1. The molecule has 39 heavy (non-hydrogen) atoms. The van der Waals surface area contributed by atoms with Crippen LogP contribution >= 0.6 is 0 Å². The number of carbonyl (C=O) groups excluding carboxylic acids is 2. The minimum absolute atomic E-state index is 0.0673. The lowest BCUT2D eigenvalue weighted by molar-refractivity contribution is -0.140. The molecule has 0 spiro atoms. The molecule has 0 aliphatic rings.